The highest BCUT2D eigenvalue weighted by molar-refractivity contribution is 5.52. The van der Waals surface area contributed by atoms with E-state index in [4.69, 9.17) is 10.5 Å². The van der Waals surface area contributed by atoms with Gasteiger partial charge in [-0.05, 0) is 24.3 Å². The van der Waals surface area contributed by atoms with Gasteiger partial charge in [-0.15, -0.1) is 0 Å². The SMILES string of the molecule is CN(CCOc1ccc(F)cc1N)c1ccccc1. The molecule has 0 aromatic heterocycles. The van der Waals surface area contributed by atoms with Crippen LogP contribution in [-0.4, -0.2) is 20.2 Å². The van der Waals surface area contributed by atoms with Crippen LogP contribution < -0.4 is 15.4 Å². The van der Waals surface area contributed by atoms with E-state index < -0.39 is 0 Å². The van der Waals surface area contributed by atoms with Gasteiger partial charge in [-0.2, -0.15) is 0 Å². The van der Waals surface area contributed by atoms with Gasteiger partial charge in [0, 0.05) is 18.8 Å². The molecule has 0 aliphatic carbocycles. The summed E-state index contributed by atoms with van der Waals surface area (Å²) < 4.78 is 18.4. The molecule has 3 nitrogen and oxygen atoms in total. The third-order valence-electron chi connectivity index (χ3n) is 2.85. The van der Waals surface area contributed by atoms with E-state index >= 15 is 0 Å². The van der Waals surface area contributed by atoms with Gasteiger partial charge in [0.25, 0.3) is 0 Å². The predicted octanol–water partition coefficient (Wildman–Crippen LogP) is 2.92. The fraction of sp³-hybridized carbons (Fsp3) is 0.200. The Morgan fingerprint density at radius 2 is 1.89 bits per heavy atom. The number of nitrogens with two attached hydrogens (primary N) is 1. The molecule has 19 heavy (non-hydrogen) atoms. The van der Waals surface area contributed by atoms with Crippen LogP contribution in [0.5, 0.6) is 5.75 Å². The molecule has 2 rings (SSSR count). The third-order valence-corrected chi connectivity index (χ3v) is 2.85. The molecule has 2 N–H and O–H groups in total. The Balaban J connectivity index is 1.86. The molecule has 0 saturated carbocycles. The third kappa shape index (κ3) is 3.61. The summed E-state index contributed by atoms with van der Waals surface area (Å²) in [7, 11) is 1.99. The Kier molecular flexibility index (Phi) is 4.23. The number of benzene rings is 2. The highest BCUT2D eigenvalue weighted by atomic mass is 19.1. The summed E-state index contributed by atoms with van der Waals surface area (Å²) in [4.78, 5) is 2.08. The van der Waals surface area contributed by atoms with E-state index in [9.17, 15) is 4.39 Å². The van der Waals surface area contributed by atoms with Crippen molar-refractivity contribution >= 4 is 11.4 Å². The first-order valence-electron chi connectivity index (χ1n) is 6.11. The van der Waals surface area contributed by atoms with Crippen LogP contribution >= 0.6 is 0 Å². The Labute approximate surface area is 112 Å². The molecule has 0 fully saturated rings. The molecule has 4 heteroatoms. The summed E-state index contributed by atoms with van der Waals surface area (Å²) in [5.74, 6) is 0.161. The van der Waals surface area contributed by atoms with Gasteiger partial charge in [-0.3, -0.25) is 0 Å². The Morgan fingerprint density at radius 1 is 1.16 bits per heavy atom. The van der Waals surface area contributed by atoms with Crippen molar-refractivity contribution in [3.8, 4) is 5.75 Å². The summed E-state index contributed by atoms with van der Waals surface area (Å²) in [5.41, 5.74) is 7.12. The average Bonchev–Trinajstić information content (AvgIpc) is 2.42. The molecule has 2 aromatic carbocycles. The largest absolute Gasteiger partial charge is 0.490 e. The molecule has 0 aliphatic rings. The molecular formula is C15H17FN2O. The molecule has 0 spiro atoms. The molecule has 0 bridgehead atoms. The lowest BCUT2D eigenvalue weighted by molar-refractivity contribution is 0.327. The van der Waals surface area contributed by atoms with Gasteiger partial charge in [0.2, 0.25) is 0 Å². The number of hydrogen-bond donors (Lipinski definition) is 1. The van der Waals surface area contributed by atoms with Crippen molar-refractivity contribution < 1.29 is 9.13 Å². The number of hydrogen-bond acceptors (Lipinski definition) is 3. The van der Waals surface area contributed by atoms with Crippen LogP contribution in [0.25, 0.3) is 0 Å². The van der Waals surface area contributed by atoms with Crippen LogP contribution in [0.2, 0.25) is 0 Å². The molecule has 100 valence electrons. The molecule has 0 amide bonds. The number of nitrogens with zero attached hydrogens (tertiary/aromatic N) is 1. The highest BCUT2D eigenvalue weighted by Gasteiger charge is 2.03. The van der Waals surface area contributed by atoms with Crippen molar-refractivity contribution in [2.45, 2.75) is 0 Å². The van der Waals surface area contributed by atoms with E-state index in [0.29, 0.717) is 18.0 Å². The van der Waals surface area contributed by atoms with Crippen LogP contribution in [0.15, 0.2) is 48.5 Å². The fourth-order valence-electron chi connectivity index (χ4n) is 1.75. The maximum absolute atomic E-state index is 12.9. The average molecular weight is 260 g/mol. The van der Waals surface area contributed by atoms with Gasteiger partial charge in [-0.1, -0.05) is 18.2 Å². The Bertz CT molecular complexity index is 531. The number of nitrogen functional groups attached to an aromatic ring is 1. The van der Waals surface area contributed by atoms with Gasteiger partial charge < -0.3 is 15.4 Å². The monoisotopic (exact) mass is 260 g/mol. The van der Waals surface area contributed by atoms with Crippen molar-refractivity contribution in [3.63, 3.8) is 0 Å². The zero-order valence-corrected chi connectivity index (χ0v) is 10.8. The van der Waals surface area contributed by atoms with Crippen LogP contribution in [0.4, 0.5) is 15.8 Å². The van der Waals surface area contributed by atoms with Gasteiger partial charge in [-0.25, -0.2) is 4.39 Å². The van der Waals surface area contributed by atoms with Crippen molar-refractivity contribution in [2.24, 2.45) is 0 Å². The first kappa shape index (κ1) is 13.2. The minimum Gasteiger partial charge on any atom is -0.490 e. The summed E-state index contributed by atoms with van der Waals surface area (Å²) >= 11 is 0. The van der Waals surface area contributed by atoms with Crippen molar-refractivity contribution in [2.75, 3.05) is 30.8 Å². The van der Waals surface area contributed by atoms with Crippen molar-refractivity contribution in [3.05, 3.63) is 54.3 Å². The second kappa shape index (κ2) is 6.09. The maximum atomic E-state index is 12.9. The van der Waals surface area contributed by atoms with Crippen LogP contribution in [-0.2, 0) is 0 Å². The second-order valence-corrected chi connectivity index (χ2v) is 4.29. The summed E-state index contributed by atoms with van der Waals surface area (Å²) in [5, 5.41) is 0. The maximum Gasteiger partial charge on any atom is 0.142 e. The summed E-state index contributed by atoms with van der Waals surface area (Å²) in [6.07, 6.45) is 0. The number of anilines is 2. The smallest absolute Gasteiger partial charge is 0.142 e. The van der Waals surface area contributed by atoms with Crippen LogP contribution in [0, 0.1) is 5.82 Å². The normalized spacial score (nSPS) is 10.2. The summed E-state index contributed by atoms with van der Waals surface area (Å²) in [6, 6.07) is 14.2. The minimum atomic E-state index is -0.355. The first-order chi connectivity index (χ1) is 9.16. The predicted molar refractivity (Wildman–Crippen MR) is 76.0 cm³/mol. The van der Waals surface area contributed by atoms with E-state index in [1.165, 1.54) is 12.1 Å². The highest BCUT2D eigenvalue weighted by Crippen LogP contribution is 2.21. The zero-order chi connectivity index (χ0) is 13.7. The fourth-order valence-corrected chi connectivity index (χ4v) is 1.75. The number of rotatable bonds is 5. The zero-order valence-electron chi connectivity index (χ0n) is 10.8. The van der Waals surface area contributed by atoms with E-state index in [-0.39, 0.29) is 5.82 Å². The Morgan fingerprint density at radius 3 is 2.58 bits per heavy atom. The van der Waals surface area contributed by atoms with Crippen molar-refractivity contribution in [1.29, 1.82) is 0 Å². The quantitative estimate of drug-likeness (QED) is 0.840. The summed E-state index contributed by atoms with van der Waals surface area (Å²) in [6.45, 7) is 1.21. The van der Waals surface area contributed by atoms with E-state index in [2.05, 4.69) is 4.90 Å². The van der Waals surface area contributed by atoms with Crippen molar-refractivity contribution in [1.82, 2.24) is 0 Å². The Hall–Kier alpha value is -2.23. The van der Waals surface area contributed by atoms with Crippen LogP contribution in [0.1, 0.15) is 0 Å². The lowest BCUT2D eigenvalue weighted by Crippen LogP contribution is -2.23. The van der Waals surface area contributed by atoms with E-state index in [1.807, 2.05) is 37.4 Å². The molecule has 0 aliphatic heterocycles. The van der Waals surface area contributed by atoms with E-state index in [1.54, 1.807) is 6.07 Å². The molecule has 2 aromatic rings. The molecule has 0 atom stereocenters. The molecular weight excluding hydrogens is 243 g/mol. The topological polar surface area (TPSA) is 38.5 Å². The number of halogens is 1. The van der Waals surface area contributed by atoms with Gasteiger partial charge in [0.15, 0.2) is 0 Å². The molecule has 0 radical (unpaired) electrons. The second-order valence-electron chi connectivity index (χ2n) is 4.29. The minimum absolute atomic E-state index is 0.322. The molecule has 0 heterocycles. The number of para-hydroxylation sites is 1. The first-order valence-corrected chi connectivity index (χ1v) is 6.11. The number of likely N-dealkylation sites (N-methyl/N-ethyl adjacent to an activating group) is 1. The lowest BCUT2D eigenvalue weighted by Gasteiger charge is -2.19. The van der Waals surface area contributed by atoms with Gasteiger partial charge in [0.1, 0.15) is 18.2 Å². The van der Waals surface area contributed by atoms with Crippen LogP contribution in [0.3, 0.4) is 0 Å². The standard InChI is InChI=1S/C15H17FN2O/c1-18(13-5-3-2-4-6-13)9-10-19-15-8-7-12(16)11-14(15)17/h2-8,11H,9-10,17H2,1H3. The van der Waals surface area contributed by atoms with Gasteiger partial charge in [0.05, 0.1) is 12.2 Å². The van der Waals surface area contributed by atoms with E-state index in [0.717, 1.165) is 12.2 Å². The lowest BCUT2D eigenvalue weighted by atomic mass is 10.3. The van der Waals surface area contributed by atoms with Gasteiger partial charge >= 0.3 is 0 Å². The molecule has 0 unspecified atom stereocenters. The number of ether oxygens (including phenoxy) is 1. The molecule has 0 saturated heterocycles.